The molecule has 1 atom stereocenters. The van der Waals surface area contributed by atoms with Gasteiger partial charge in [-0.1, -0.05) is 34.1 Å². The van der Waals surface area contributed by atoms with Crippen LogP contribution >= 0.6 is 15.9 Å². The largest absolute Gasteiger partial charge is 0.336 e. The number of hydrogen-bond donors (Lipinski definition) is 1. The Morgan fingerprint density at radius 1 is 1.40 bits per heavy atom. The van der Waals surface area contributed by atoms with E-state index in [2.05, 4.69) is 20.9 Å². The maximum absolute atomic E-state index is 6.11. The first-order valence-corrected chi connectivity index (χ1v) is 5.52. The molecule has 0 saturated carbocycles. The van der Waals surface area contributed by atoms with Crippen molar-refractivity contribution >= 4 is 15.9 Å². The molecule has 0 radical (unpaired) electrons. The SMILES string of the molecule is NC(Cn1ccnc1)c1ccccc1Br. The molecule has 0 fully saturated rings. The van der Waals surface area contributed by atoms with Gasteiger partial charge in [0.1, 0.15) is 0 Å². The number of nitrogens with zero attached hydrogens (tertiary/aromatic N) is 2. The van der Waals surface area contributed by atoms with Crippen LogP contribution in [0.2, 0.25) is 0 Å². The van der Waals surface area contributed by atoms with Gasteiger partial charge in [-0.05, 0) is 11.6 Å². The Hall–Kier alpha value is -1.13. The van der Waals surface area contributed by atoms with Crippen molar-refractivity contribution < 1.29 is 0 Å². The molecule has 0 aliphatic carbocycles. The van der Waals surface area contributed by atoms with Gasteiger partial charge in [-0.25, -0.2) is 4.98 Å². The van der Waals surface area contributed by atoms with Crippen molar-refractivity contribution in [3.05, 3.63) is 53.0 Å². The number of hydrogen-bond acceptors (Lipinski definition) is 2. The van der Waals surface area contributed by atoms with Crippen molar-refractivity contribution in [2.45, 2.75) is 12.6 Å². The van der Waals surface area contributed by atoms with Crippen LogP contribution in [-0.4, -0.2) is 9.55 Å². The smallest absolute Gasteiger partial charge is 0.0946 e. The summed E-state index contributed by atoms with van der Waals surface area (Å²) >= 11 is 3.50. The molecule has 2 rings (SSSR count). The molecule has 0 amide bonds. The van der Waals surface area contributed by atoms with Gasteiger partial charge >= 0.3 is 0 Å². The van der Waals surface area contributed by atoms with Gasteiger partial charge in [-0.15, -0.1) is 0 Å². The summed E-state index contributed by atoms with van der Waals surface area (Å²) in [5.74, 6) is 0. The molecule has 0 bridgehead atoms. The van der Waals surface area contributed by atoms with Crippen LogP contribution in [-0.2, 0) is 6.54 Å². The first kappa shape index (κ1) is 10.4. The van der Waals surface area contributed by atoms with Crippen LogP contribution in [0.4, 0.5) is 0 Å². The van der Waals surface area contributed by atoms with E-state index in [1.165, 1.54) is 0 Å². The highest BCUT2D eigenvalue weighted by Gasteiger charge is 2.09. The second-order valence-electron chi connectivity index (χ2n) is 3.39. The predicted molar refractivity (Wildman–Crippen MR) is 63.3 cm³/mol. The standard InChI is InChI=1S/C11H12BrN3/c12-10-4-2-1-3-9(10)11(13)7-15-6-5-14-8-15/h1-6,8,11H,7,13H2. The molecule has 1 heterocycles. The monoisotopic (exact) mass is 265 g/mol. The zero-order valence-corrected chi connectivity index (χ0v) is 9.76. The van der Waals surface area contributed by atoms with Gasteiger partial charge < -0.3 is 10.3 Å². The first-order chi connectivity index (χ1) is 7.27. The van der Waals surface area contributed by atoms with E-state index in [9.17, 15) is 0 Å². The Kier molecular flexibility index (Phi) is 3.18. The van der Waals surface area contributed by atoms with E-state index < -0.39 is 0 Å². The van der Waals surface area contributed by atoms with Gasteiger partial charge in [-0.3, -0.25) is 0 Å². The highest BCUT2D eigenvalue weighted by Crippen LogP contribution is 2.22. The molecule has 1 aromatic carbocycles. The average molecular weight is 266 g/mol. The van der Waals surface area contributed by atoms with E-state index in [1.807, 2.05) is 35.0 Å². The van der Waals surface area contributed by atoms with Gasteiger partial charge in [0.05, 0.1) is 6.33 Å². The van der Waals surface area contributed by atoms with Crippen molar-refractivity contribution in [1.82, 2.24) is 9.55 Å². The van der Waals surface area contributed by atoms with Crippen molar-refractivity contribution in [3.63, 3.8) is 0 Å². The minimum absolute atomic E-state index is 0.0187. The number of halogens is 1. The number of nitrogens with two attached hydrogens (primary N) is 1. The molecule has 0 saturated heterocycles. The molecule has 4 heteroatoms. The molecule has 15 heavy (non-hydrogen) atoms. The van der Waals surface area contributed by atoms with E-state index in [-0.39, 0.29) is 6.04 Å². The molecular formula is C11H12BrN3. The Morgan fingerprint density at radius 3 is 2.87 bits per heavy atom. The van der Waals surface area contributed by atoms with Gasteiger partial charge in [-0.2, -0.15) is 0 Å². The fraction of sp³-hybridized carbons (Fsp3) is 0.182. The molecule has 0 aliphatic heterocycles. The van der Waals surface area contributed by atoms with Crippen molar-refractivity contribution in [2.75, 3.05) is 0 Å². The van der Waals surface area contributed by atoms with E-state index in [1.54, 1.807) is 12.5 Å². The summed E-state index contributed by atoms with van der Waals surface area (Å²) in [7, 11) is 0. The van der Waals surface area contributed by atoms with Gasteiger partial charge in [0.25, 0.3) is 0 Å². The third-order valence-corrected chi connectivity index (χ3v) is 2.99. The molecule has 2 N–H and O–H groups in total. The summed E-state index contributed by atoms with van der Waals surface area (Å²) in [4.78, 5) is 3.99. The maximum Gasteiger partial charge on any atom is 0.0946 e. The molecule has 0 aliphatic rings. The Labute approximate surface area is 97.1 Å². The second kappa shape index (κ2) is 4.59. The Morgan fingerprint density at radius 2 is 2.20 bits per heavy atom. The molecular weight excluding hydrogens is 254 g/mol. The first-order valence-electron chi connectivity index (χ1n) is 4.73. The fourth-order valence-electron chi connectivity index (χ4n) is 1.50. The van der Waals surface area contributed by atoms with Gasteiger partial charge in [0.2, 0.25) is 0 Å². The highest BCUT2D eigenvalue weighted by molar-refractivity contribution is 9.10. The lowest BCUT2D eigenvalue weighted by Crippen LogP contribution is -2.17. The number of aromatic nitrogens is 2. The molecule has 1 unspecified atom stereocenters. The molecule has 0 spiro atoms. The summed E-state index contributed by atoms with van der Waals surface area (Å²) in [6, 6.07) is 8.00. The van der Waals surface area contributed by atoms with Crippen LogP contribution in [0, 0.1) is 0 Å². The number of imidazole rings is 1. The van der Waals surface area contributed by atoms with Gasteiger partial charge in [0, 0.05) is 29.5 Å². The van der Waals surface area contributed by atoms with Crippen molar-refractivity contribution in [3.8, 4) is 0 Å². The van der Waals surface area contributed by atoms with Crippen LogP contribution in [0.15, 0.2) is 47.5 Å². The molecule has 3 nitrogen and oxygen atoms in total. The summed E-state index contributed by atoms with van der Waals surface area (Å²) < 4.78 is 3.03. The summed E-state index contributed by atoms with van der Waals surface area (Å²) in [5.41, 5.74) is 7.23. The minimum Gasteiger partial charge on any atom is -0.336 e. The molecule has 2 aromatic rings. The predicted octanol–water partition coefficient (Wildman–Crippen LogP) is 2.35. The number of rotatable bonds is 3. The highest BCUT2D eigenvalue weighted by atomic mass is 79.9. The number of benzene rings is 1. The zero-order valence-electron chi connectivity index (χ0n) is 8.18. The van der Waals surface area contributed by atoms with E-state index >= 15 is 0 Å². The van der Waals surface area contributed by atoms with Crippen LogP contribution < -0.4 is 5.73 Å². The lowest BCUT2D eigenvalue weighted by molar-refractivity contribution is 0.575. The van der Waals surface area contributed by atoms with Crippen LogP contribution in [0.3, 0.4) is 0 Å². The molecule has 78 valence electrons. The quantitative estimate of drug-likeness (QED) is 0.926. The average Bonchev–Trinajstić information content (AvgIpc) is 2.71. The summed E-state index contributed by atoms with van der Waals surface area (Å²) in [6.45, 7) is 0.739. The molecule has 1 aromatic heterocycles. The maximum atomic E-state index is 6.11. The third kappa shape index (κ3) is 2.46. The van der Waals surface area contributed by atoms with Crippen molar-refractivity contribution in [1.29, 1.82) is 0 Å². The Bertz CT molecular complexity index is 425. The van der Waals surface area contributed by atoms with Crippen LogP contribution in [0.1, 0.15) is 11.6 Å². The minimum atomic E-state index is -0.0187. The fourth-order valence-corrected chi connectivity index (χ4v) is 2.07. The van der Waals surface area contributed by atoms with Crippen LogP contribution in [0.25, 0.3) is 0 Å². The lowest BCUT2D eigenvalue weighted by atomic mass is 10.1. The second-order valence-corrected chi connectivity index (χ2v) is 4.24. The van der Waals surface area contributed by atoms with E-state index in [0.29, 0.717) is 0 Å². The zero-order chi connectivity index (χ0) is 10.7. The third-order valence-electron chi connectivity index (χ3n) is 2.27. The summed E-state index contributed by atoms with van der Waals surface area (Å²) in [5, 5.41) is 0. The lowest BCUT2D eigenvalue weighted by Gasteiger charge is -2.14. The van der Waals surface area contributed by atoms with Crippen LogP contribution in [0.5, 0.6) is 0 Å². The van der Waals surface area contributed by atoms with Crippen molar-refractivity contribution in [2.24, 2.45) is 5.73 Å². The Balaban J connectivity index is 2.15. The summed E-state index contributed by atoms with van der Waals surface area (Å²) in [6.07, 6.45) is 5.44. The topological polar surface area (TPSA) is 43.8 Å². The normalized spacial score (nSPS) is 12.7. The van der Waals surface area contributed by atoms with E-state index in [4.69, 9.17) is 5.73 Å². The van der Waals surface area contributed by atoms with E-state index in [0.717, 1.165) is 16.6 Å². The van der Waals surface area contributed by atoms with Gasteiger partial charge in [0.15, 0.2) is 0 Å².